The number of aromatic nitrogens is 2. The highest BCUT2D eigenvalue weighted by Gasteiger charge is 2.26. The van der Waals surface area contributed by atoms with Crippen LogP contribution in [0.3, 0.4) is 0 Å². The van der Waals surface area contributed by atoms with Crippen LogP contribution in [0.2, 0.25) is 0 Å². The first-order valence-corrected chi connectivity index (χ1v) is 13.9. The van der Waals surface area contributed by atoms with Gasteiger partial charge in [-0.15, -0.1) is 0 Å². The maximum atomic E-state index is 15.1. The molecule has 4 N–H and O–H groups in total. The minimum Gasteiger partial charge on any atom is -0.497 e. The third-order valence-electron chi connectivity index (χ3n) is 6.30. The van der Waals surface area contributed by atoms with Gasteiger partial charge in [0.1, 0.15) is 17.7 Å². The van der Waals surface area contributed by atoms with E-state index in [9.17, 15) is 23.1 Å². The molecule has 3 aromatic rings. The molecule has 0 aliphatic carbocycles. The number of amides is 1. The van der Waals surface area contributed by atoms with E-state index in [1.165, 1.54) is 43.5 Å². The molecule has 1 aromatic heterocycles. The summed E-state index contributed by atoms with van der Waals surface area (Å²) in [5.74, 6) is -1.84. The van der Waals surface area contributed by atoms with E-state index < -0.39 is 40.3 Å². The number of nitrogens with zero attached hydrogens (tertiary/aromatic N) is 3. The number of carboxylic acids is 1. The minimum atomic E-state index is -4.19. The van der Waals surface area contributed by atoms with Crippen LogP contribution in [0.1, 0.15) is 29.6 Å². The quantitative estimate of drug-likeness (QED) is 0.251. The van der Waals surface area contributed by atoms with Crippen LogP contribution in [-0.2, 0) is 14.8 Å². The molecule has 0 bridgehead atoms. The molecule has 1 saturated heterocycles. The van der Waals surface area contributed by atoms with E-state index in [1.54, 1.807) is 18.5 Å². The molecule has 1 amide bonds. The van der Waals surface area contributed by atoms with Crippen molar-refractivity contribution in [2.75, 3.05) is 30.4 Å². The summed E-state index contributed by atoms with van der Waals surface area (Å²) in [6, 6.07) is 11.2. The van der Waals surface area contributed by atoms with Gasteiger partial charge in [0.05, 0.1) is 24.1 Å². The lowest BCUT2D eigenvalue weighted by Crippen LogP contribution is -2.49. The maximum absolute atomic E-state index is 15.1. The van der Waals surface area contributed by atoms with Crippen molar-refractivity contribution in [2.24, 2.45) is 0 Å². The van der Waals surface area contributed by atoms with Crippen molar-refractivity contribution in [1.82, 2.24) is 20.0 Å². The van der Waals surface area contributed by atoms with Crippen LogP contribution in [0.5, 0.6) is 5.75 Å². The lowest BCUT2D eigenvalue weighted by Gasteiger charge is -2.34. The van der Waals surface area contributed by atoms with Gasteiger partial charge >= 0.3 is 5.97 Å². The summed E-state index contributed by atoms with van der Waals surface area (Å²) in [4.78, 5) is 34.2. The number of sulfonamides is 1. The van der Waals surface area contributed by atoms with Gasteiger partial charge in [-0.25, -0.2) is 22.8 Å². The largest absolute Gasteiger partial charge is 0.497 e. The molecule has 40 heavy (non-hydrogen) atoms. The third-order valence-corrected chi connectivity index (χ3v) is 7.78. The van der Waals surface area contributed by atoms with Crippen LogP contribution in [-0.4, -0.2) is 67.8 Å². The minimum absolute atomic E-state index is 0.0851. The Morgan fingerprint density at radius 3 is 2.40 bits per heavy atom. The number of halogens is 1. The van der Waals surface area contributed by atoms with Gasteiger partial charge in [0.25, 0.3) is 5.91 Å². The van der Waals surface area contributed by atoms with Crippen molar-refractivity contribution in [3.8, 4) is 5.75 Å². The van der Waals surface area contributed by atoms with Crippen molar-refractivity contribution >= 4 is 33.5 Å². The fourth-order valence-corrected chi connectivity index (χ4v) is 5.42. The molecule has 212 valence electrons. The van der Waals surface area contributed by atoms with Crippen molar-refractivity contribution in [1.29, 1.82) is 0 Å². The first-order chi connectivity index (χ1) is 19.1. The number of nitrogens with one attached hydrogen (secondary N) is 3. The van der Waals surface area contributed by atoms with Gasteiger partial charge in [0, 0.05) is 37.1 Å². The Labute approximate surface area is 230 Å². The normalized spacial score (nSPS) is 14.8. The zero-order valence-electron chi connectivity index (χ0n) is 21.6. The van der Waals surface area contributed by atoms with E-state index in [-0.39, 0.29) is 16.5 Å². The molecular formula is C26H29FN6O6S. The van der Waals surface area contributed by atoms with Gasteiger partial charge in [-0.3, -0.25) is 9.59 Å². The van der Waals surface area contributed by atoms with Crippen LogP contribution in [0.15, 0.2) is 65.8 Å². The highest BCUT2D eigenvalue weighted by molar-refractivity contribution is 7.89. The number of rotatable bonds is 11. The van der Waals surface area contributed by atoms with Crippen LogP contribution in [0.4, 0.5) is 16.0 Å². The topological polar surface area (TPSA) is 163 Å². The number of aliphatic carboxylic acids is 1. The molecule has 1 aliphatic rings. The first-order valence-electron chi connectivity index (χ1n) is 12.4. The number of benzene rings is 2. The zero-order chi connectivity index (χ0) is 28.7. The Morgan fingerprint density at radius 1 is 1.12 bits per heavy atom. The Hall–Kier alpha value is -4.30. The number of hydrogen-bond acceptors (Lipinski definition) is 9. The zero-order valence-corrected chi connectivity index (χ0v) is 22.4. The lowest BCUT2D eigenvalue weighted by molar-refractivity contribution is -0.137. The summed E-state index contributed by atoms with van der Waals surface area (Å²) < 4.78 is 47.8. The fourth-order valence-electron chi connectivity index (χ4n) is 4.27. The highest BCUT2D eigenvalue weighted by atomic mass is 32.2. The number of piperidine rings is 1. The summed E-state index contributed by atoms with van der Waals surface area (Å²) in [7, 11) is -2.76. The van der Waals surface area contributed by atoms with Gasteiger partial charge in [0.15, 0.2) is 0 Å². The molecule has 2 heterocycles. The molecule has 0 spiro atoms. The van der Waals surface area contributed by atoms with Crippen LogP contribution < -0.4 is 25.0 Å². The number of carbonyl (C=O) groups excluding carboxylic acids is 1. The Morgan fingerprint density at radius 2 is 1.80 bits per heavy atom. The number of hydrogen-bond donors (Lipinski definition) is 4. The molecule has 1 atom stereocenters. The molecule has 14 heteroatoms. The van der Waals surface area contributed by atoms with E-state index in [4.69, 9.17) is 4.74 Å². The summed E-state index contributed by atoms with van der Waals surface area (Å²) in [6.45, 7) is 1.14. The van der Waals surface area contributed by atoms with Crippen LogP contribution in [0, 0.1) is 5.82 Å². The summed E-state index contributed by atoms with van der Waals surface area (Å²) in [5.41, 5.74) is 0.242. The third kappa shape index (κ3) is 7.42. The van der Waals surface area contributed by atoms with E-state index in [1.807, 2.05) is 4.90 Å². The number of carbonyl (C=O) groups is 2. The molecule has 1 unspecified atom stereocenters. The Kier molecular flexibility index (Phi) is 9.11. The second kappa shape index (κ2) is 12.7. The van der Waals surface area contributed by atoms with Gasteiger partial charge in [-0.2, -0.15) is 4.72 Å². The standard InChI is InChI=1S/C26H29FN6O6S/c1-39-19-4-6-20(7-5-19)40(37,38)32-23(16-24(34)35)31-25(36)17-3-8-22(21(27)15-17)33-13-9-18(10-14-33)30-26-28-11-2-12-29-26/h2-8,11-12,15,18,23,32H,9-10,13-14,16H2,1H3,(H,31,36)(H,34,35)(H,28,29,30). The molecular weight excluding hydrogens is 543 g/mol. The smallest absolute Gasteiger partial charge is 0.306 e. The number of carboxylic acid groups (broad SMARTS) is 1. The van der Waals surface area contributed by atoms with Crippen molar-refractivity contribution in [3.05, 3.63) is 72.3 Å². The lowest BCUT2D eigenvalue weighted by atomic mass is 10.0. The van der Waals surface area contributed by atoms with Crippen LogP contribution in [0.25, 0.3) is 0 Å². The van der Waals surface area contributed by atoms with Crippen molar-refractivity contribution < 1.29 is 32.2 Å². The van der Waals surface area contributed by atoms with Gasteiger partial charge < -0.3 is 25.4 Å². The van der Waals surface area contributed by atoms with Gasteiger partial charge in [0.2, 0.25) is 16.0 Å². The number of methoxy groups -OCH3 is 1. The van der Waals surface area contributed by atoms with Gasteiger partial charge in [-0.1, -0.05) is 0 Å². The summed E-state index contributed by atoms with van der Waals surface area (Å²) in [6.07, 6.45) is 2.53. The average molecular weight is 573 g/mol. The predicted octanol–water partition coefficient (Wildman–Crippen LogP) is 2.21. The van der Waals surface area contributed by atoms with Crippen molar-refractivity contribution in [2.45, 2.75) is 36.4 Å². The van der Waals surface area contributed by atoms with Crippen LogP contribution >= 0.6 is 0 Å². The first kappa shape index (κ1) is 28.7. The van der Waals surface area contributed by atoms with E-state index in [2.05, 4.69) is 25.3 Å². The Bertz CT molecular complexity index is 1430. The molecule has 0 radical (unpaired) electrons. The predicted molar refractivity (Wildman–Crippen MR) is 144 cm³/mol. The monoisotopic (exact) mass is 572 g/mol. The molecule has 0 saturated carbocycles. The van der Waals surface area contributed by atoms with E-state index >= 15 is 4.39 Å². The Balaban J connectivity index is 1.39. The second-order valence-electron chi connectivity index (χ2n) is 9.06. The molecule has 1 fully saturated rings. The molecule has 4 rings (SSSR count). The maximum Gasteiger partial charge on any atom is 0.306 e. The second-order valence-corrected chi connectivity index (χ2v) is 10.8. The van der Waals surface area contributed by atoms with Crippen molar-refractivity contribution in [3.63, 3.8) is 0 Å². The molecule has 2 aromatic carbocycles. The summed E-state index contributed by atoms with van der Waals surface area (Å²) in [5, 5.41) is 14.8. The number of anilines is 2. The molecule has 1 aliphatic heterocycles. The average Bonchev–Trinajstić information content (AvgIpc) is 2.93. The van der Waals surface area contributed by atoms with E-state index in [0.717, 1.165) is 18.9 Å². The highest BCUT2D eigenvalue weighted by Crippen LogP contribution is 2.25. The SMILES string of the molecule is COc1ccc(S(=O)(=O)NC(CC(=O)O)NC(=O)c2ccc(N3CCC(Nc4ncccn4)CC3)c(F)c2)cc1. The summed E-state index contributed by atoms with van der Waals surface area (Å²) >= 11 is 0. The van der Waals surface area contributed by atoms with Gasteiger partial charge in [-0.05, 0) is 61.4 Å². The molecule has 12 nitrogen and oxygen atoms in total. The van der Waals surface area contributed by atoms with E-state index in [0.29, 0.717) is 30.5 Å². The fraction of sp³-hybridized carbons (Fsp3) is 0.308. The number of ether oxygens (including phenoxy) is 1.